The number of fused-ring (bicyclic) bond motifs is 4. The van der Waals surface area contributed by atoms with Crippen molar-refractivity contribution in [1.29, 1.82) is 0 Å². The highest BCUT2D eigenvalue weighted by atomic mass is 32.2. The number of rotatable bonds is 5. The maximum atomic E-state index is 13.5. The van der Waals surface area contributed by atoms with Gasteiger partial charge in [-0.2, -0.15) is 11.8 Å². The Kier molecular flexibility index (Phi) is 5.86. The zero-order valence-corrected chi connectivity index (χ0v) is 23.0. The molecule has 1 saturated heterocycles. The van der Waals surface area contributed by atoms with Gasteiger partial charge in [-0.3, -0.25) is 9.69 Å². The normalized spacial score (nSPS) is 19.3. The second-order valence-electron chi connectivity index (χ2n) is 11.2. The number of pyridine rings is 1. The minimum Gasteiger partial charge on any atom is -0.339 e. The van der Waals surface area contributed by atoms with E-state index < -0.39 is 5.41 Å². The van der Waals surface area contributed by atoms with Crippen LogP contribution in [0.2, 0.25) is 0 Å². The predicted molar refractivity (Wildman–Crippen MR) is 158 cm³/mol. The molecular formula is C32H34N4OS. The Bertz CT molecular complexity index is 1500. The highest BCUT2D eigenvalue weighted by molar-refractivity contribution is 7.99. The summed E-state index contributed by atoms with van der Waals surface area (Å²) in [7, 11) is 1.90. The molecule has 0 atom stereocenters. The van der Waals surface area contributed by atoms with Gasteiger partial charge in [-0.1, -0.05) is 61.0 Å². The Balaban J connectivity index is 1.32. The Hall–Kier alpha value is -3.09. The van der Waals surface area contributed by atoms with Gasteiger partial charge in [-0.05, 0) is 61.7 Å². The molecule has 1 spiro atoms. The molecule has 4 heterocycles. The molecule has 1 amide bonds. The Labute approximate surface area is 228 Å². The molecule has 0 unspecified atom stereocenters. The number of anilines is 1. The lowest BCUT2D eigenvalue weighted by molar-refractivity contribution is -0.125. The number of H-pyrrole nitrogens is 1. The highest BCUT2D eigenvalue weighted by Gasteiger charge is 2.55. The first-order valence-electron chi connectivity index (χ1n) is 13.8. The lowest BCUT2D eigenvalue weighted by Gasteiger charge is -2.37. The first-order chi connectivity index (χ1) is 18.6. The van der Waals surface area contributed by atoms with Gasteiger partial charge < -0.3 is 9.88 Å². The van der Waals surface area contributed by atoms with Crippen LogP contribution in [0.1, 0.15) is 43.2 Å². The lowest BCUT2D eigenvalue weighted by atomic mass is 9.64. The summed E-state index contributed by atoms with van der Waals surface area (Å²) in [6, 6.07) is 19.6. The standard InChI is InChI=1S/C32H34N4OS/c1-35-25-19-33-30-27(28(25)32(31(35)37)15-6-16-32)26(22-7-4-3-5-8-22)29(34-30)23-11-9-21(10-12-23)20-36-17-13-24(38-2)14-18-36/h3-5,7-12,19,24H,6,13-18,20H2,1-2H3,(H,33,34). The van der Waals surface area contributed by atoms with Crippen molar-refractivity contribution >= 4 is 34.4 Å². The van der Waals surface area contributed by atoms with Gasteiger partial charge in [0.1, 0.15) is 5.65 Å². The van der Waals surface area contributed by atoms with Crippen molar-refractivity contribution in [1.82, 2.24) is 14.9 Å². The summed E-state index contributed by atoms with van der Waals surface area (Å²) in [5, 5.41) is 1.93. The first kappa shape index (κ1) is 24.0. The van der Waals surface area contributed by atoms with Crippen molar-refractivity contribution in [3.63, 3.8) is 0 Å². The number of carbonyl (C=O) groups excluding carboxylic acids is 1. The maximum Gasteiger partial charge on any atom is 0.237 e. The van der Waals surface area contributed by atoms with Crippen LogP contribution in [-0.4, -0.2) is 52.4 Å². The van der Waals surface area contributed by atoms with Gasteiger partial charge in [-0.25, -0.2) is 4.98 Å². The van der Waals surface area contributed by atoms with E-state index in [1.165, 1.54) is 37.1 Å². The van der Waals surface area contributed by atoms with Crippen molar-refractivity contribution in [3.8, 4) is 22.4 Å². The number of carbonyl (C=O) groups is 1. The van der Waals surface area contributed by atoms with Gasteiger partial charge >= 0.3 is 0 Å². The summed E-state index contributed by atoms with van der Waals surface area (Å²) >= 11 is 2.01. The molecule has 3 aliphatic rings. The van der Waals surface area contributed by atoms with Gasteiger partial charge in [0.15, 0.2) is 0 Å². The van der Waals surface area contributed by atoms with E-state index in [1.54, 1.807) is 0 Å². The molecule has 1 N–H and O–H groups in total. The number of nitrogens with one attached hydrogen (secondary N) is 1. The molecular weight excluding hydrogens is 488 g/mol. The second kappa shape index (κ2) is 9.28. The summed E-state index contributed by atoms with van der Waals surface area (Å²) in [4.78, 5) is 26.4. The zero-order chi connectivity index (χ0) is 25.9. The molecule has 2 aromatic heterocycles. The average molecular weight is 523 g/mol. The minimum atomic E-state index is -0.401. The number of hydrogen-bond donors (Lipinski definition) is 1. The lowest BCUT2D eigenvalue weighted by Crippen LogP contribution is -2.43. The number of aromatic amines is 1. The molecule has 0 radical (unpaired) electrons. The number of aromatic nitrogens is 2. The second-order valence-corrected chi connectivity index (χ2v) is 12.3. The topological polar surface area (TPSA) is 52.2 Å². The van der Waals surface area contributed by atoms with Gasteiger partial charge in [-0.15, -0.1) is 0 Å². The van der Waals surface area contributed by atoms with Crippen molar-refractivity contribution in [2.75, 3.05) is 31.3 Å². The van der Waals surface area contributed by atoms with Crippen LogP contribution in [0.3, 0.4) is 0 Å². The summed E-state index contributed by atoms with van der Waals surface area (Å²) in [5.74, 6) is 0.223. The SMILES string of the molecule is CSC1CCN(Cc2ccc(-c3[nH]c4ncc5c(c4c3-c3ccccc3)C3(CCC3)C(=O)N5C)cc2)CC1. The van der Waals surface area contributed by atoms with Gasteiger partial charge in [0.25, 0.3) is 0 Å². The monoisotopic (exact) mass is 522 g/mol. The zero-order valence-electron chi connectivity index (χ0n) is 22.2. The number of likely N-dealkylation sites (N-methyl/N-ethyl adjacent to an activating group) is 1. The van der Waals surface area contributed by atoms with E-state index in [0.29, 0.717) is 0 Å². The number of benzene rings is 2. The molecule has 2 fully saturated rings. The van der Waals surface area contributed by atoms with E-state index >= 15 is 0 Å². The van der Waals surface area contributed by atoms with E-state index in [0.717, 1.165) is 70.2 Å². The molecule has 5 nitrogen and oxygen atoms in total. The van der Waals surface area contributed by atoms with Crippen LogP contribution in [0.5, 0.6) is 0 Å². The maximum absolute atomic E-state index is 13.5. The Morgan fingerprint density at radius 1 is 1.03 bits per heavy atom. The molecule has 2 aromatic carbocycles. The molecule has 7 rings (SSSR count). The van der Waals surface area contributed by atoms with E-state index in [4.69, 9.17) is 4.98 Å². The van der Waals surface area contributed by atoms with Crippen molar-refractivity contribution in [2.24, 2.45) is 0 Å². The van der Waals surface area contributed by atoms with Crippen LogP contribution in [0.4, 0.5) is 5.69 Å². The van der Waals surface area contributed by atoms with Gasteiger partial charge in [0.05, 0.1) is 23.0 Å². The molecule has 194 valence electrons. The van der Waals surface area contributed by atoms with Crippen LogP contribution in [-0.2, 0) is 16.8 Å². The molecule has 2 aliphatic heterocycles. The third-order valence-corrected chi connectivity index (χ3v) is 10.3. The van der Waals surface area contributed by atoms with Crippen molar-refractivity contribution < 1.29 is 4.79 Å². The molecule has 1 saturated carbocycles. The number of nitrogens with zero attached hydrogens (tertiary/aromatic N) is 3. The molecule has 4 aromatic rings. The smallest absolute Gasteiger partial charge is 0.237 e. The van der Waals surface area contributed by atoms with Crippen LogP contribution < -0.4 is 4.90 Å². The average Bonchev–Trinajstić information content (AvgIpc) is 3.43. The largest absolute Gasteiger partial charge is 0.339 e. The van der Waals surface area contributed by atoms with Crippen LogP contribution >= 0.6 is 11.8 Å². The van der Waals surface area contributed by atoms with Crippen molar-refractivity contribution in [3.05, 3.63) is 71.9 Å². The summed E-state index contributed by atoms with van der Waals surface area (Å²) in [6.07, 6.45) is 9.62. The first-order valence-corrected chi connectivity index (χ1v) is 15.1. The summed E-state index contributed by atoms with van der Waals surface area (Å²) < 4.78 is 0. The molecule has 6 heteroatoms. The summed E-state index contributed by atoms with van der Waals surface area (Å²) in [5.41, 5.74) is 8.51. The van der Waals surface area contributed by atoms with Crippen LogP contribution in [0, 0.1) is 0 Å². The van der Waals surface area contributed by atoms with Crippen LogP contribution in [0.15, 0.2) is 60.8 Å². The minimum absolute atomic E-state index is 0.223. The number of amides is 1. The molecule has 1 aliphatic carbocycles. The van der Waals surface area contributed by atoms with E-state index in [1.807, 2.05) is 29.9 Å². The fraction of sp³-hybridized carbons (Fsp3) is 0.375. The van der Waals surface area contributed by atoms with Crippen molar-refractivity contribution in [2.45, 2.75) is 49.3 Å². The molecule has 0 bridgehead atoms. The van der Waals surface area contributed by atoms with E-state index in [9.17, 15) is 4.79 Å². The number of thioether (sulfide) groups is 1. The number of hydrogen-bond acceptors (Lipinski definition) is 4. The quantitative estimate of drug-likeness (QED) is 0.320. The number of likely N-dealkylation sites (tertiary alicyclic amines) is 1. The highest BCUT2D eigenvalue weighted by Crippen LogP contribution is 2.57. The fourth-order valence-corrected chi connectivity index (χ4v) is 7.55. The third kappa shape index (κ3) is 3.64. The molecule has 38 heavy (non-hydrogen) atoms. The van der Waals surface area contributed by atoms with Gasteiger partial charge in [0.2, 0.25) is 5.91 Å². The van der Waals surface area contributed by atoms with E-state index in [-0.39, 0.29) is 5.91 Å². The Morgan fingerprint density at radius 2 is 1.76 bits per heavy atom. The predicted octanol–water partition coefficient (Wildman–Crippen LogP) is 6.62. The third-order valence-electron chi connectivity index (χ3n) is 9.14. The fourth-order valence-electron chi connectivity index (χ4n) is 6.86. The van der Waals surface area contributed by atoms with E-state index in [2.05, 4.69) is 70.7 Å². The summed E-state index contributed by atoms with van der Waals surface area (Å²) in [6.45, 7) is 3.36. The van der Waals surface area contributed by atoms with Gasteiger partial charge in [0, 0.05) is 35.4 Å². The number of piperidine rings is 1. The Morgan fingerprint density at radius 3 is 2.42 bits per heavy atom. The van der Waals surface area contributed by atoms with Crippen LogP contribution in [0.25, 0.3) is 33.4 Å².